The molecule has 0 unspecified atom stereocenters. The highest BCUT2D eigenvalue weighted by molar-refractivity contribution is 6.14. The number of rotatable bonds is 3. The Morgan fingerprint density at radius 3 is 1.95 bits per heavy atom. The molecule has 0 atom stereocenters. The summed E-state index contributed by atoms with van der Waals surface area (Å²) in [6.45, 7) is 0. The smallest absolute Gasteiger partial charge is 0.136 e. The highest BCUT2D eigenvalue weighted by Crippen LogP contribution is 2.41. The molecule has 0 aliphatic carbocycles. The van der Waals surface area contributed by atoms with E-state index >= 15 is 0 Å². The van der Waals surface area contributed by atoms with Crippen LogP contribution in [0.2, 0.25) is 0 Å². The lowest BCUT2D eigenvalue weighted by Gasteiger charge is -2.13. The molecule has 0 saturated carbocycles. The Morgan fingerprint density at radius 1 is 0.421 bits per heavy atom. The van der Waals surface area contributed by atoms with Gasteiger partial charge in [0, 0.05) is 32.6 Å². The van der Waals surface area contributed by atoms with E-state index in [0.29, 0.717) is 0 Å². The zero-order valence-corrected chi connectivity index (χ0v) is 20.6. The summed E-state index contributed by atoms with van der Waals surface area (Å²) >= 11 is 0. The number of benzene rings is 6. The van der Waals surface area contributed by atoms with Gasteiger partial charge in [0.1, 0.15) is 11.2 Å². The van der Waals surface area contributed by atoms with E-state index in [-0.39, 0.29) is 0 Å². The predicted octanol–water partition coefficient (Wildman–Crippen LogP) is 10.2. The fourth-order valence-corrected chi connectivity index (χ4v) is 5.86. The molecular weight excluding hydrogens is 462 g/mol. The molecule has 0 aliphatic heterocycles. The standard InChI is InChI=1S/C36H23NO/c1-2-10-23(11-3-1)24-20-25(27-14-9-19-34-35(27)31-13-5-7-18-33(31)38-34)22-26(21-24)28-15-8-16-30-29-12-4-6-17-32(29)37-36(28)30/h1-22,37H. The van der Waals surface area contributed by atoms with Gasteiger partial charge in [-0.3, -0.25) is 0 Å². The highest BCUT2D eigenvalue weighted by atomic mass is 16.3. The fraction of sp³-hybridized carbons (Fsp3) is 0. The Hall–Kier alpha value is -5.08. The minimum absolute atomic E-state index is 0.910. The lowest BCUT2D eigenvalue weighted by molar-refractivity contribution is 0.669. The number of hydrogen-bond acceptors (Lipinski definition) is 1. The maximum Gasteiger partial charge on any atom is 0.136 e. The van der Waals surface area contributed by atoms with Crippen LogP contribution in [-0.4, -0.2) is 4.98 Å². The minimum atomic E-state index is 0.910. The summed E-state index contributed by atoms with van der Waals surface area (Å²) in [5, 5.41) is 4.79. The Balaban J connectivity index is 1.44. The molecule has 1 N–H and O–H groups in total. The number of aromatic nitrogens is 1. The number of nitrogens with one attached hydrogen (secondary N) is 1. The van der Waals surface area contributed by atoms with E-state index in [1.807, 2.05) is 12.1 Å². The highest BCUT2D eigenvalue weighted by Gasteiger charge is 2.16. The maximum atomic E-state index is 6.23. The molecule has 8 rings (SSSR count). The first kappa shape index (κ1) is 21.0. The summed E-state index contributed by atoms with van der Waals surface area (Å²) in [7, 11) is 0. The normalized spacial score (nSPS) is 11.7. The third-order valence-electron chi connectivity index (χ3n) is 7.61. The van der Waals surface area contributed by atoms with Crippen molar-refractivity contribution < 1.29 is 4.42 Å². The number of furan rings is 1. The van der Waals surface area contributed by atoms with E-state index in [2.05, 4.69) is 126 Å². The maximum absolute atomic E-state index is 6.23. The van der Waals surface area contributed by atoms with Crippen molar-refractivity contribution in [2.45, 2.75) is 0 Å². The van der Waals surface area contributed by atoms with Crippen LogP contribution in [0.5, 0.6) is 0 Å². The Labute approximate surface area is 219 Å². The minimum Gasteiger partial charge on any atom is -0.456 e. The molecule has 0 fully saturated rings. The van der Waals surface area contributed by atoms with Crippen LogP contribution in [0, 0.1) is 0 Å². The van der Waals surface area contributed by atoms with Crippen molar-refractivity contribution in [2.24, 2.45) is 0 Å². The van der Waals surface area contributed by atoms with Crippen molar-refractivity contribution in [3.05, 3.63) is 133 Å². The van der Waals surface area contributed by atoms with Gasteiger partial charge in [-0.1, -0.05) is 97.1 Å². The van der Waals surface area contributed by atoms with Gasteiger partial charge in [0.25, 0.3) is 0 Å². The first-order chi connectivity index (χ1) is 18.8. The summed E-state index contributed by atoms with van der Waals surface area (Å²) in [6, 6.07) is 47.4. The Bertz CT molecular complexity index is 2130. The molecule has 178 valence electrons. The molecule has 0 radical (unpaired) electrons. The van der Waals surface area contributed by atoms with Crippen LogP contribution < -0.4 is 0 Å². The predicted molar refractivity (Wildman–Crippen MR) is 159 cm³/mol. The average molecular weight is 486 g/mol. The van der Waals surface area contributed by atoms with Crippen LogP contribution in [0.15, 0.2) is 138 Å². The number of hydrogen-bond donors (Lipinski definition) is 1. The van der Waals surface area contributed by atoms with Crippen LogP contribution in [0.3, 0.4) is 0 Å². The van der Waals surface area contributed by atoms with Gasteiger partial charge in [0.05, 0.1) is 5.52 Å². The monoisotopic (exact) mass is 485 g/mol. The topological polar surface area (TPSA) is 28.9 Å². The zero-order chi connectivity index (χ0) is 25.1. The lowest BCUT2D eigenvalue weighted by Crippen LogP contribution is -1.88. The summed E-state index contributed by atoms with van der Waals surface area (Å²) in [6.07, 6.45) is 0. The first-order valence-electron chi connectivity index (χ1n) is 12.9. The van der Waals surface area contributed by atoms with Gasteiger partial charge in [-0.2, -0.15) is 0 Å². The molecular formula is C36H23NO. The van der Waals surface area contributed by atoms with Gasteiger partial charge in [0.15, 0.2) is 0 Å². The molecule has 0 spiro atoms. The molecule has 2 nitrogen and oxygen atoms in total. The van der Waals surface area contributed by atoms with Crippen molar-refractivity contribution >= 4 is 43.7 Å². The van der Waals surface area contributed by atoms with Crippen molar-refractivity contribution in [2.75, 3.05) is 0 Å². The van der Waals surface area contributed by atoms with Gasteiger partial charge in [-0.15, -0.1) is 0 Å². The zero-order valence-electron chi connectivity index (χ0n) is 20.6. The van der Waals surface area contributed by atoms with Gasteiger partial charge in [0.2, 0.25) is 0 Å². The van der Waals surface area contributed by atoms with Crippen LogP contribution >= 0.6 is 0 Å². The molecule has 2 heterocycles. The van der Waals surface area contributed by atoms with E-state index < -0.39 is 0 Å². The second-order valence-electron chi connectivity index (χ2n) is 9.84. The summed E-state index contributed by atoms with van der Waals surface area (Å²) < 4.78 is 6.23. The van der Waals surface area contributed by atoms with E-state index in [4.69, 9.17) is 4.42 Å². The number of H-pyrrole nitrogens is 1. The fourth-order valence-electron chi connectivity index (χ4n) is 5.86. The van der Waals surface area contributed by atoms with Crippen LogP contribution in [0.1, 0.15) is 0 Å². The number of fused-ring (bicyclic) bond motifs is 6. The summed E-state index contributed by atoms with van der Waals surface area (Å²) in [5.74, 6) is 0. The van der Waals surface area contributed by atoms with Gasteiger partial charge < -0.3 is 9.40 Å². The molecule has 0 saturated heterocycles. The van der Waals surface area contributed by atoms with Crippen molar-refractivity contribution in [3.63, 3.8) is 0 Å². The quantitative estimate of drug-likeness (QED) is 0.265. The molecule has 2 aromatic heterocycles. The number of aromatic amines is 1. The molecule has 0 amide bonds. The molecule has 0 bridgehead atoms. The van der Waals surface area contributed by atoms with Crippen molar-refractivity contribution in [3.8, 4) is 33.4 Å². The van der Waals surface area contributed by atoms with Crippen LogP contribution in [0.25, 0.3) is 77.1 Å². The largest absolute Gasteiger partial charge is 0.456 e. The first-order valence-corrected chi connectivity index (χ1v) is 12.9. The van der Waals surface area contributed by atoms with Crippen LogP contribution in [-0.2, 0) is 0 Å². The van der Waals surface area contributed by atoms with Gasteiger partial charge in [-0.25, -0.2) is 0 Å². The van der Waals surface area contributed by atoms with Crippen molar-refractivity contribution in [1.82, 2.24) is 4.98 Å². The third kappa shape index (κ3) is 3.21. The SMILES string of the molecule is c1ccc(-c2cc(-c3cccc4c3[nH]c3ccccc34)cc(-c3cccc4oc5ccccc5c34)c2)cc1. The molecule has 8 aromatic rings. The van der Waals surface area contributed by atoms with Gasteiger partial charge >= 0.3 is 0 Å². The summed E-state index contributed by atoms with van der Waals surface area (Å²) in [4.78, 5) is 3.70. The van der Waals surface area contributed by atoms with Crippen molar-refractivity contribution in [1.29, 1.82) is 0 Å². The molecule has 0 aliphatic rings. The van der Waals surface area contributed by atoms with Crippen LogP contribution in [0.4, 0.5) is 0 Å². The Kier molecular flexibility index (Phi) is 4.55. The van der Waals surface area contributed by atoms with Gasteiger partial charge in [-0.05, 0) is 64.2 Å². The second-order valence-corrected chi connectivity index (χ2v) is 9.84. The second kappa shape index (κ2) is 8.22. The van der Waals surface area contributed by atoms with E-state index in [1.54, 1.807) is 0 Å². The third-order valence-corrected chi connectivity index (χ3v) is 7.61. The average Bonchev–Trinajstić information content (AvgIpc) is 3.56. The van der Waals surface area contributed by atoms with E-state index in [1.165, 1.54) is 44.2 Å². The molecule has 2 heteroatoms. The molecule has 38 heavy (non-hydrogen) atoms. The Morgan fingerprint density at radius 2 is 1.05 bits per heavy atom. The summed E-state index contributed by atoms with van der Waals surface area (Å²) in [5.41, 5.74) is 11.3. The number of para-hydroxylation sites is 3. The lowest BCUT2D eigenvalue weighted by atomic mass is 9.91. The molecule has 6 aromatic carbocycles. The van der Waals surface area contributed by atoms with E-state index in [9.17, 15) is 0 Å². The van der Waals surface area contributed by atoms with E-state index in [0.717, 1.165) is 33.0 Å².